The number of rotatable bonds is 1. The lowest BCUT2D eigenvalue weighted by molar-refractivity contribution is 0.430. The fourth-order valence-corrected chi connectivity index (χ4v) is 4.62. The van der Waals surface area contributed by atoms with Crippen molar-refractivity contribution < 1.29 is 0 Å². The number of benzene rings is 1. The Kier molecular flexibility index (Phi) is 2.87. The lowest BCUT2D eigenvalue weighted by Gasteiger charge is -2.37. The van der Waals surface area contributed by atoms with E-state index in [2.05, 4.69) is 48.7 Å². The van der Waals surface area contributed by atoms with Crippen LogP contribution in [0.25, 0.3) is 0 Å². The molecule has 2 heterocycles. The Morgan fingerprint density at radius 1 is 1.29 bits per heavy atom. The Bertz CT molecular complexity index is 766. The summed E-state index contributed by atoms with van der Waals surface area (Å²) in [6.45, 7) is 2.15. The molecule has 1 aromatic heterocycles. The summed E-state index contributed by atoms with van der Waals surface area (Å²) in [5, 5.41) is 13.1. The first kappa shape index (κ1) is 12.7. The van der Waals surface area contributed by atoms with Gasteiger partial charge in [0.1, 0.15) is 6.07 Å². The van der Waals surface area contributed by atoms with E-state index in [0.29, 0.717) is 17.9 Å². The van der Waals surface area contributed by atoms with Crippen LogP contribution in [0.1, 0.15) is 39.3 Å². The summed E-state index contributed by atoms with van der Waals surface area (Å²) in [6.07, 6.45) is 5.72. The molecule has 4 rings (SSSR count). The lowest BCUT2D eigenvalue weighted by atomic mass is 9.78. The number of anilines is 1. The number of hydrogen-bond acceptors (Lipinski definition) is 3. The highest BCUT2D eigenvalue weighted by Crippen LogP contribution is 2.51. The highest BCUT2D eigenvalue weighted by Gasteiger charge is 2.39. The molecule has 0 spiro atoms. The topological polar surface area (TPSA) is 35.8 Å². The van der Waals surface area contributed by atoms with Gasteiger partial charge in [-0.2, -0.15) is 5.26 Å². The van der Waals surface area contributed by atoms with E-state index >= 15 is 0 Å². The summed E-state index contributed by atoms with van der Waals surface area (Å²) in [5.74, 6) is 0.992. The van der Waals surface area contributed by atoms with Gasteiger partial charge in [-0.3, -0.25) is 0 Å². The summed E-state index contributed by atoms with van der Waals surface area (Å²) in [7, 11) is 0. The molecule has 2 aliphatic rings. The molecule has 1 aliphatic carbocycles. The lowest BCUT2D eigenvalue weighted by Crippen LogP contribution is -2.29. The number of allylic oxidation sites excluding steroid dienone is 2. The van der Waals surface area contributed by atoms with Crippen LogP contribution in [0, 0.1) is 24.2 Å². The van der Waals surface area contributed by atoms with Crippen LogP contribution in [0.2, 0.25) is 0 Å². The zero-order valence-corrected chi connectivity index (χ0v) is 12.7. The first-order chi connectivity index (χ1) is 10.3. The minimum atomic E-state index is 0.311. The standard InChI is InChI=1S/C18H16N2S/c1-11-8-9-16(21-11)18-15-7-3-5-13(15)14-6-2-4-12(10-19)17(14)20-18/h2-6,8-9,13,15,18,20H,7H2,1H3. The second-order valence-corrected chi connectivity index (χ2v) is 7.12. The maximum absolute atomic E-state index is 9.39. The number of fused-ring (bicyclic) bond motifs is 3. The molecule has 2 aromatic rings. The minimum Gasteiger partial charge on any atom is -0.376 e. The number of para-hydroxylation sites is 1. The molecule has 1 aliphatic heterocycles. The van der Waals surface area contributed by atoms with Crippen molar-refractivity contribution in [3.05, 3.63) is 63.4 Å². The second kappa shape index (κ2) is 4.75. The molecular weight excluding hydrogens is 276 g/mol. The Balaban J connectivity index is 1.85. The summed E-state index contributed by atoms with van der Waals surface area (Å²) in [6, 6.07) is 13.1. The summed E-state index contributed by atoms with van der Waals surface area (Å²) < 4.78 is 0. The number of nitrogens with one attached hydrogen (secondary N) is 1. The molecule has 0 fully saturated rings. The van der Waals surface area contributed by atoms with Crippen molar-refractivity contribution in [3.8, 4) is 6.07 Å². The molecule has 3 atom stereocenters. The van der Waals surface area contributed by atoms with Crippen molar-refractivity contribution in [1.29, 1.82) is 5.26 Å². The third-order valence-corrected chi connectivity index (χ3v) is 5.67. The number of nitriles is 1. The van der Waals surface area contributed by atoms with Crippen molar-refractivity contribution in [3.63, 3.8) is 0 Å². The average Bonchev–Trinajstić information content (AvgIpc) is 3.14. The normalized spacial score (nSPS) is 25.8. The SMILES string of the molecule is Cc1ccc(C2Nc3c(C#N)cccc3C3C=CCC32)s1. The van der Waals surface area contributed by atoms with Crippen LogP contribution in [0.4, 0.5) is 5.69 Å². The van der Waals surface area contributed by atoms with E-state index in [0.717, 1.165) is 17.7 Å². The number of aryl methyl sites for hydroxylation is 1. The first-order valence-corrected chi connectivity index (χ1v) is 8.12. The van der Waals surface area contributed by atoms with Gasteiger partial charge in [0.05, 0.1) is 17.3 Å². The molecule has 3 unspecified atom stereocenters. The van der Waals surface area contributed by atoms with Crippen molar-refractivity contribution in [2.45, 2.75) is 25.3 Å². The molecule has 0 saturated carbocycles. The molecular formula is C18H16N2S. The van der Waals surface area contributed by atoms with E-state index in [1.807, 2.05) is 23.5 Å². The van der Waals surface area contributed by atoms with Gasteiger partial charge >= 0.3 is 0 Å². The zero-order valence-electron chi connectivity index (χ0n) is 11.8. The molecule has 1 aromatic carbocycles. The van der Waals surface area contributed by atoms with Crippen molar-refractivity contribution >= 4 is 17.0 Å². The van der Waals surface area contributed by atoms with Crippen LogP contribution in [0.15, 0.2) is 42.5 Å². The smallest absolute Gasteiger partial charge is 0.101 e. The molecule has 2 nitrogen and oxygen atoms in total. The molecule has 0 saturated heterocycles. The van der Waals surface area contributed by atoms with Gasteiger partial charge in [0.15, 0.2) is 0 Å². The van der Waals surface area contributed by atoms with Gasteiger partial charge in [0.2, 0.25) is 0 Å². The molecule has 0 radical (unpaired) electrons. The van der Waals surface area contributed by atoms with Gasteiger partial charge in [-0.05, 0) is 43.0 Å². The largest absolute Gasteiger partial charge is 0.376 e. The maximum Gasteiger partial charge on any atom is 0.101 e. The van der Waals surface area contributed by atoms with E-state index in [-0.39, 0.29) is 0 Å². The Morgan fingerprint density at radius 3 is 2.95 bits per heavy atom. The molecule has 0 amide bonds. The molecule has 0 bridgehead atoms. The number of nitrogens with zero attached hydrogens (tertiary/aromatic N) is 1. The van der Waals surface area contributed by atoms with Crippen molar-refractivity contribution in [1.82, 2.24) is 0 Å². The van der Waals surface area contributed by atoms with E-state index in [9.17, 15) is 5.26 Å². The van der Waals surface area contributed by atoms with Crippen molar-refractivity contribution in [2.75, 3.05) is 5.32 Å². The van der Waals surface area contributed by atoms with Crippen LogP contribution in [-0.4, -0.2) is 0 Å². The number of hydrogen-bond donors (Lipinski definition) is 1. The monoisotopic (exact) mass is 292 g/mol. The van der Waals surface area contributed by atoms with Crippen LogP contribution < -0.4 is 5.32 Å². The Hall–Kier alpha value is -2.05. The van der Waals surface area contributed by atoms with Gasteiger partial charge in [-0.25, -0.2) is 0 Å². The van der Waals surface area contributed by atoms with Gasteiger partial charge in [0, 0.05) is 15.7 Å². The predicted octanol–water partition coefficient (Wildman–Crippen LogP) is 4.75. The van der Waals surface area contributed by atoms with E-state index in [1.165, 1.54) is 15.3 Å². The van der Waals surface area contributed by atoms with E-state index in [4.69, 9.17) is 0 Å². The molecule has 21 heavy (non-hydrogen) atoms. The summed E-state index contributed by atoms with van der Waals surface area (Å²) in [5.41, 5.74) is 3.06. The maximum atomic E-state index is 9.39. The number of thiophene rings is 1. The summed E-state index contributed by atoms with van der Waals surface area (Å²) >= 11 is 1.86. The molecule has 3 heteroatoms. The van der Waals surface area contributed by atoms with Gasteiger partial charge < -0.3 is 5.32 Å². The predicted molar refractivity (Wildman–Crippen MR) is 86.6 cm³/mol. The second-order valence-electron chi connectivity index (χ2n) is 5.81. The van der Waals surface area contributed by atoms with Crippen LogP contribution in [0.3, 0.4) is 0 Å². The minimum absolute atomic E-state index is 0.311. The van der Waals surface area contributed by atoms with Crippen LogP contribution >= 0.6 is 11.3 Å². The zero-order chi connectivity index (χ0) is 14.4. The highest BCUT2D eigenvalue weighted by molar-refractivity contribution is 7.12. The summed E-state index contributed by atoms with van der Waals surface area (Å²) in [4.78, 5) is 2.72. The molecule has 1 N–H and O–H groups in total. The third kappa shape index (κ3) is 1.91. The van der Waals surface area contributed by atoms with Crippen LogP contribution in [0.5, 0.6) is 0 Å². The third-order valence-electron chi connectivity index (χ3n) is 4.58. The quantitative estimate of drug-likeness (QED) is 0.770. The van der Waals surface area contributed by atoms with Gasteiger partial charge in [-0.15, -0.1) is 11.3 Å². The van der Waals surface area contributed by atoms with Gasteiger partial charge in [-0.1, -0.05) is 24.3 Å². The Morgan fingerprint density at radius 2 is 2.19 bits per heavy atom. The highest BCUT2D eigenvalue weighted by atomic mass is 32.1. The average molecular weight is 292 g/mol. The fourth-order valence-electron chi connectivity index (χ4n) is 3.62. The van der Waals surface area contributed by atoms with Crippen LogP contribution in [-0.2, 0) is 0 Å². The Labute approximate surface area is 128 Å². The van der Waals surface area contributed by atoms with E-state index < -0.39 is 0 Å². The van der Waals surface area contributed by atoms with E-state index in [1.54, 1.807) is 0 Å². The molecule has 104 valence electrons. The first-order valence-electron chi connectivity index (χ1n) is 7.30. The van der Waals surface area contributed by atoms with Crippen molar-refractivity contribution in [2.24, 2.45) is 5.92 Å². The fraction of sp³-hybridized carbons (Fsp3) is 0.278. The van der Waals surface area contributed by atoms with Gasteiger partial charge in [0.25, 0.3) is 0 Å².